The van der Waals surface area contributed by atoms with Crippen molar-refractivity contribution in [2.24, 2.45) is 0 Å². The molecule has 0 saturated carbocycles. The van der Waals surface area contributed by atoms with Crippen LogP contribution in [0.5, 0.6) is 0 Å². The number of nitrogens with one attached hydrogen (secondary N) is 1. The zero-order valence-corrected chi connectivity index (χ0v) is 25.0. The van der Waals surface area contributed by atoms with E-state index in [1.807, 2.05) is 6.08 Å². The highest BCUT2D eigenvalue weighted by atomic mass is 16.3. The Morgan fingerprint density at radius 3 is 1.41 bits per heavy atom. The van der Waals surface area contributed by atoms with Crippen LogP contribution in [0, 0.1) is 0 Å². The smallest absolute Gasteiger partial charge is 0.220 e. The zero-order chi connectivity index (χ0) is 27.2. The SMILES string of the molecule is CCCCCCCCCCCCCCCCC/C=C/C(O)C(CO)NC(=O)CCCCCCCCCC. The molecule has 0 saturated heterocycles. The average molecular weight is 524 g/mol. The van der Waals surface area contributed by atoms with Gasteiger partial charge in [-0.3, -0.25) is 4.79 Å². The van der Waals surface area contributed by atoms with Crippen LogP contribution in [0.3, 0.4) is 0 Å². The lowest BCUT2D eigenvalue weighted by Crippen LogP contribution is -2.45. The second kappa shape index (κ2) is 29.7. The third-order valence-corrected chi connectivity index (χ3v) is 7.52. The first-order chi connectivity index (χ1) is 18.2. The summed E-state index contributed by atoms with van der Waals surface area (Å²) in [5.74, 6) is -0.0695. The van der Waals surface area contributed by atoms with Gasteiger partial charge < -0.3 is 15.5 Å². The molecule has 2 atom stereocenters. The molecule has 3 N–H and O–H groups in total. The van der Waals surface area contributed by atoms with Crippen molar-refractivity contribution >= 4 is 5.91 Å². The van der Waals surface area contributed by atoms with Crippen molar-refractivity contribution in [3.63, 3.8) is 0 Å². The summed E-state index contributed by atoms with van der Waals surface area (Å²) in [6.45, 7) is 4.26. The van der Waals surface area contributed by atoms with Gasteiger partial charge in [0.25, 0.3) is 0 Å². The van der Waals surface area contributed by atoms with Crippen molar-refractivity contribution in [1.29, 1.82) is 0 Å². The molecule has 2 unspecified atom stereocenters. The summed E-state index contributed by atoms with van der Waals surface area (Å²) in [7, 11) is 0. The molecule has 0 aromatic heterocycles. The molecule has 1 amide bonds. The van der Waals surface area contributed by atoms with Gasteiger partial charge in [0.15, 0.2) is 0 Å². The molecule has 0 bridgehead atoms. The van der Waals surface area contributed by atoms with Gasteiger partial charge in [-0.15, -0.1) is 0 Å². The number of amides is 1. The van der Waals surface area contributed by atoms with E-state index in [1.165, 1.54) is 128 Å². The summed E-state index contributed by atoms with van der Waals surface area (Å²) in [4.78, 5) is 12.2. The monoisotopic (exact) mass is 523 g/mol. The molecule has 0 aliphatic rings. The molecular weight excluding hydrogens is 458 g/mol. The Hall–Kier alpha value is -0.870. The van der Waals surface area contributed by atoms with Gasteiger partial charge in [0.1, 0.15) is 0 Å². The fraction of sp³-hybridized carbons (Fsp3) is 0.909. The Morgan fingerprint density at radius 1 is 0.622 bits per heavy atom. The molecule has 0 radical (unpaired) electrons. The predicted molar refractivity (Wildman–Crippen MR) is 161 cm³/mol. The second-order valence-electron chi connectivity index (χ2n) is 11.2. The summed E-state index contributed by atoms with van der Waals surface area (Å²) in [5, 5.41) is 22.7. The van der Waals surface area contributed by atoms with E-state index in [-0.39, 0.29) is 12.5 Å². The van der Waals surface area contributed by atoms with Gasteiger partial charge in [0, 0.05) is 6.42 Å². The highest BCUT2D eigenvalue weighted by Gasteiger charge is 2.17. The fourth-order valence-electron chi connectivity index (χ4n) is 4.94. The van der Waals surface area contributed by atoms with Crippen LogP contribution in [0.25, 0.3) is 0 Å². The van der Waals surface area contributed by atoms with Crippen LogP contribution in [0.1, 0.15) is 174 Å². The van der Waals surface area contributed by atoms with Crippen LogP contribution in [0.4, 0.5) is 0 Å². The largest absolute Gasteiger partial charge is 0.394 e. The van der Waals surface area contributed by atoms with Crippen molar-refractivity contribution in [3.8, 4) is 0 Å². The zero-order valence-electron chi connectivity index (χ0n) is 25.0. The summed E-state index contributed by atoms with van der Waals surface area (Å²) < 4.78 is 0. The van der Waals surface area contributed by atoms with Crippen LogP contribution >= 0.6 is 0 Å². The van der Waals surface area contributed by atoms with Crippen LogP contribution < -0.4 is 5.32 Å². The molecule has 0 aliphatic heterocycles. The minimum absolute atomic E-state index is 0.0695. The van der Waals surface area contributed by atoms with E-state index in [4.69, 9.17) is 0 Å². The Kier molecular flexibility index (Phi) is 29.0. The maximum absolute atomic E-state index is 12.2. The van der Waals surface area contributed by atoms with Crippen LogP contribution in [-0.4, -0.2) is 34.9 Å². The van der Waals surface area contributed by atoms with Crippen LogP contribution in [0.2, 0.25) is 0 Å². The standard InChI is InChI=1S/C33H65NO3/c1-3-5-7-9-11-13-14-15-16-17-18-19-20-21-22-24-26-28-32(36)31(30-35)34-33(37)29-27-25-23-12-10-8-6-4-2/h26,28,31-32,35-36H,3-25,27,29-30H2,1-2H3,(H,34,37)/b28-26+. The molecule has 0 rings (SSSR count). The van der Waals surface area contributed by atoms with E-state index in [9.17, 15) is 15.0 Å². The number of carbonyl (C=O) groups excluding carboxylic acids is 1. The number of aliphatic hydroxyl groups is 2. The van der Waals surface area contributed by atoms with Crippen LogP contribution in [0.15, 0.2) is 12.2 Å². The minimum Gasteiger partial charge on any atom is -0.394 e. The van der Waals surface area contributed by atoms with Gasteiger partial charge in [-0.05, 0) is 19.3 Å². The van der Waals surface area contributed by atoms with Gasteiger partial charge >= 0.3 is 0 Å². The number of hydrogen-bond donors (Lipinski definition) is 3. The third kappa shape index (κ3) is 26.5. The minimum atomic E-state index is -0.830. The van der Waals surface area contributed by atoms with E-state index >= 15 is 0 Å². The average Bonchev–Trinajstić information content (AvgIpc) is 2.90. The molecule has 0 aliphatic carbocycles. The molecule has 4 nitrogen and oxygen atoms in total. The van der Waals surface area contributed by atoms with Crippen molar-refractivity contribution in [1.82, 2.24) is 5.32 Å². The fourth-order valence-corrected chi connectivity index (χ4v) is 4.94. The maximum Gasteiger partial charge on any atom is 0.220 e. The quantitative estimate of drug-likeness (QED) is 0.0676. The predicted octanol–water partition coefficient (Wildman–Crippen LogP) is 9.17. The van der Waals surface area contributed by atoms with E-state index in [0.717, 1.165) is 25.7 Å². The molecule has 0 aromatic rings. The lowest BCUT2D eigenvalue weighted by atomic mass is 10.0. The number of allylic oxidation sites excluding steroid dienone is 1. The molecule has 0 aromatic carbocycles. The van der Waals surface area contributed by atoms with Gasteiger partial charge in [-0.1, -0.05) is 161 Å². The van der Waals surface area contributed by atoms with Gasteiger partial charge in [-0.2, -0.15) is 0 Å². The van der Waals surface area contributed by atoms with E-state index in [1.54, 1.807) is 6.08 Å². The number of rotatable bonds is 29. The third-order valence-electron chi connectivity index (χ3n) is 7.52. The number of hydrogen-bond acceptors (Lipinski definition) is 3. The van der Waals surface area contributed by atoms with Crippen molar-refractivity contribution < 1.29 is 15.0 Å². The first-order valence-corrected chi connectivity index (χ1v) is 16.4. The maximum atomic E-state index is 12.2. The molecule has 0 spiro atoms. The number of unbranched alkanes of at least 4 members (excludes halogenated alkanes) is 22. The summed E-state index contributed by atoms with van der Waals surface area (Å²) in [6.07, 6.45) is 34.4. The molecule has 220 valence electrons. The molecule has 37 heavy (non-hydrogen) atoms. The van der Waals surface area contributed by atoms with Gasteiger partial charge in [0.05, 0.1) is 18.8 Å². The van der Waals surface area contributed by atoms with Gasteiger partial charge in [-0.25, -0.2) is 0 Å². The highest BCUT2D eigenvalue weighted by Crippen LogP contribution is 2.14. The van der Waals surface area contributed by atoms with E-state index in [0.29, 0.717) is 6.42 Å². The van der Waals surface area contributed by atoms with Crippen molar-refractivity contribution in [3.05, 3.63) is 12.2 Å². The molecule has 0 fully saturated rings. The van der Waals surface area contributed by atoms with E-state index < -0.39 is 12.1 Å². The normalized spacial score (nSPS) is 13.3. The summed E-state index contributed by atoms with van der Waals surface area (Å²) in [6, 6.07) is -0.612. The first-order valence-electron chi connectivity index (χ1n) is 16.4. The second-order valence-corrected chi connectivity index (χ2v) is 11.2. The highest BCUT2D eigenvalue weighted by molar-refractivity contribution is 5.76. The Morgan fingerprint density at radius 2 is 1.00 bits per heavy atom. The molecule has 4 heteroatoms. The van der Waals surface area contributed by atoms with Crippen LogP contribution in [-0.2, 0) is 4.79 Å². The summed E-state index contributed by atoms with van der Waals surface area (Å²) >= 11 is 0. The van der Waals surface area contributed by atoms with Crippen molar-refractivity contribution in [2.75, 3.05) is 6.61 Å². The topological polar surface area (TPSA) is 69.6 Å². The molecular formula is C33H65NO3. The summed E-state index contributed by atoms with van der Waals surface area (Å²) in [5.41, 5.74) is 0. The lowest BCUT2D eigenvalue weighted by molar-refractivity contribution is -0.123. The molecule has 0 heterocycles. The number of carbonyl (C=O) groups is 1. The Labute approximate surface area is 231 Å². The van der Waals surface area contributed by atoms with Gasteiger partial charge in [0.2, 0.25) is 5.91 Å². The Bertz CT molecular complexity index is 494. The first kappa shape index (κ1) is 36.1. The Balaban J connectivity index is 3.60. The lowest BCUT2D eigenvalue weighted by Gasteiger charge is -2.20. The number of aliphatic hydroxyl groups excluding tert-OH is 2. The van der Waals surface area contributed by atoms with E-state index in [2.05, 4.69) is 19.2 Å². The van der Waals surface area contributed by atoms with Crippen molar-refractivity contribution in [2.45, 2.75) is 187 Å².